The van der Waals surface area contributed by atoms with Crippen LogP contribution >= 0.6 is 11.3 Å². The summed E-state index contributed by atoms with van der Waals surface area (Å²) in [4.78, 5) is 23.4. The number of thiazole rings is 1. The SMILES string of the molecule is Cc1ccccc1C(CNc1nc(C)c(C)s1)C(=O)N1CCN(C)CC1. The van der Waals surface area contributed by atoms with Crippen LogP contribution in [0.25, 0.3) is 0 Å². The predicted molar refractivity (Wildman–Crippen MR) is 108 cm³/mol. The van der Waals surface area contributed by atoms with Crippen molar-refractivity contribution in [3.05, 3.63) is 46.0 Å². The molecule has 0 radical (unpaired) electrons. The van der Waals surface area contributed by atoms with E-state index in [4.69, 9.17) is 0 Å². The number of benzene rings is 1. The van der Waals surface area contributed by atoms with Crippen molar-refractivity contribution in [1.82, 2.24) is 14.8 Å². The number of hydrogen-bond acceptors (Lipinski definition) is 5. The second-order valence-corrected chi connectivity index (χ2v) is 8.28. The highest BCUT2D eigenvalue weighted by atomic mass is 32.1. The Labute approximate surface area is 160 Å². The lowest BCUT2D eigenvalue weighted by atomic mass is 9.93. The number of aromatic nitrogens is 1. The van der Waals surface area contributed by atoms with E-state index in [-0.39, 0.29) is 11.8 Å². The number of likely N-dealkylation sites (N-methyl/N-ethyl adjacent to an activating group) is 1. The number of rotatable bonds is 5. The van der Waals surface area contributed by atoms with Gasteiger partial charge >= 0.3 is 0 Å². The Hall–Kier alpha value is -1.92. The van der Waals surface area contributed by atoms with Crippen molar-refractivity contribution >= 4 is 22.4 Å². The van der Waals surface area contributed by atoms with Crippen LogP contribution in [0.15, 0.2) is 24.3 Å². The number of aryl methyl sites for hydroxylation is 3. The van der Waals surface area contributed by atoms with Crippen LogP contribution in [0.3, 0.4) is 0 Å². The number of amides is 1. The zero-order valence-corrected chi connectivity index (χ0v) is 16.9. The standard InChI is InChI=1S/C20H28N4OS/c1-14-7-5-6-8-17(14)18(13-21-20-22-15(2)16(3)26-20)19(25)24-11-9-23(4)10-12-24/h5-8,18H,9-13H2,1-4H3,(H,21,22). The molecule has 1 fully saturated rings. The molecule has 1 aliphatic heterocycles. The monoisotopic (exact) mass is 372 g/mol. The Balaban J connectivity index is 1.79. The molecule has 5 nitrogen and oxygen atoms in total. The second-order valence-electron chi connectivity index (χ2n) is 7.08. The van der Waals surface area contributed by atoms with E-state index in [1.54, 1.807) is 11.3 Å². The van der Waals surface area contributed by atoms with E-state index >= 15 is 0 Å². The molecule has 3 rings (SSSR count). The lowest BCUT2D eigenvalue weighted by molar-refractivity contribution is -0.134. The van der Waals surface area contributed by atoms with Crippen molar-refractivity contribution in [2.75, 3.05) is 45.1 Å². The van der Waals surface area contributed by atoms with E-state index < -0.39 is 0 Å². The van der Waals surface area contributed by atoms with Gasteiger partial charge in [-0.05, 0) is 38.9 Å². The first-order valence-corrected chi connectivity index (χ1v) is 9.98. The molecule has 1 saturated heterocycles. The number of nitrogens with one attached hydrogen (secondary N) is 1. The Bertz CT molecular complexity index is 745. The van der Waals surface area contributed by atoms with Crippen LogP contribution in [0.2, 0.25) is 0 Å². The van der Waals surface area contributed by atoms with Crippen molar-refractivity contribution in [1.29, 1.82) is 0 Å². The largest absolute Gasteiger partial charge is 0.360 e. The molecule has 26 heavy (non-hydrogen) atoms. The van der Waals surface area contributed by atoms with Gasteiger partial charge in [-0.25, -0.2) is 4.98 Å². The minimum atomic E-state index is -0.191. The maximum atomic E-state index is 13.3. The number of carbonyl (C=O) groups excluding carboxylic acids is 1. The minimum Gasteiger partial charge on any atom is -0.360 e. The Morgan fingerprint density at radius 1 is 1.19 bits per heavy atom. The van der Waals surface area contributed by atoms with Crippen molar-refractivity contribution in [2.45, 2.75) is 26.7 Å². The molecule has 1 N–H and O–H groups in total. The first kappa shape index (κ1) is 18.9. The molecule has 1 atom stereocenters. The molecule has 2 heterocycles. The molecule has 0 spiro atoms. The molecule has 1 aromatic heterocycles. The van der Waals surface area contributed by atoms with Crippen LogP contribution in [0.1, 0.15) is 27.6 Å². The van der Waals surface area contributed by atoms with Gasteiger partial charge in [0.25, 0.3) is 0 Å². The molecule has 0 aliphatic carbocycles. The topological polar surface area (TPSA) is 48.5 Å². The molecule has 1 unspecified atom stereocenters. The molecule has 1 amide bonds. The van der Waals surface area contributed by atoms with Crippen molar-refractivity contribution in [2.24, 2.45) is 0 Å². The van der Waals surface area contributed by atoms with Crippen LogP contribution in [0.5, 0.6) is 0 Å². The summed E-state index contributed by atoms with van der Waals surface area (Å²) in [6, 6.07) is 8.20. The molecule has 1 aliphatic rings. The highest BCUT2D eigenvalue weighted by Gasteiger charge is 2.29. The Morgan fingerprint density at radius 2 is 1.88 bits per heavy atom. The van der Waals surface area contributed by atoms with Gasteiger partial charge in [0.15, 0.2) is 5.13 Å². The molecule has 2 aromatic rings. The van der Waals surface area contributed by atoms with E-state index in [1.807, 2.05) is 24.0 Å². The summed E-state index contributed by atoms with van der Waals surface area (Å²) in [5.41, 5.74) is 3.32. The first-order valence-electron chi connectivity index (χ1n) is 9.16. The fraction of sp³-hybridized carbons (Fsp3) is 0.500. The highest BCUT2D eigenvalue weighted by Crippen LogP contribution is 2.26. The van der Waals surface area contributed by atoms with E-state index in [0.29, 0.717) is 6.54 Å². The van der Waals surface area contributed by atoms with Gasteiger partial charge in [0.1, 0.15) is 0 Å². The zero-order chi connectivity index (χ0) is 18.7. The Morgan fingerprint density at radius 3 is 2.50 bits per heavy atom. The number of anilines is 1. The number of nitrogens with zero attached hydrogens (tertiary/aromatic N) is 3. The maximum absolute atomic E-state index is 13.3. The van der Waals surface area contributed by atoms with Gasteiger partial charge in [-0.15, -0.1) is 11.3 Å². The fourth-order valence-electron chi connectivity index (χ4n) is 3.29. The maximum Gasteiger partial charge on any atom is 0.232 e. The van der Waals surface area contributed by atoms with Crippen LogP contribution in [-0.2, 0) is 4.79 Å². The number of carbonyl (C=O) groups is 1. The van der Waals surface area contributed by atoms with Crippen LogP contribution in [0, 0.1) is 20.8 Å². The normalized spacial score (nSPS) is 16.5. The van der Waals surface area contributed by atoms with Crippen molar-refractivity contribution in [3.8, 4) is 0 Å². The molecular formula is C20H28N4OS. The molecular weight excluding hydrogens is 344 g/mol. The second kappa shape index (κ2) is 8.18. The first-order chi connectivity index (χ1) is 12.5. The third-order valence-corrected chi connectivity index (χ3v) is 6.19. The summed E-state index contributed by atoms with van der Waals surface area (Å²) in [6.45, 7) is 10.2. The van der Waals surface area contributed by atoms with Gasteiger partial charge in [0.05, 0.1) is 11.6 Å². The molecule has 6 heteroatoms. The summed E-state index contributed by atoms with van der Waals surface area (Å²) in [5, 5.41) is 4.30. The van der Waals surface area contributed by atoms with E-state index in [2.05, 4.69) is 48.2 Å². The summed E-state index contributed by atoms with van der Waals surface area (Å²) >= 11 is 1.65. The minimum absolute atomic E-state index is 0.191. The quantitative estimate of drug-likeness (QED) is 0.876. The van der Waals surface area contributed by atoms with Gasteiger partial charge in [-0.2, -0.15) is 0 Å². The lowest BCUT2D eigenvalue weighted by Crippen LogP contribution is -2.49. The molecule has 140 valence electrons. The smallest absolute Gasteiger partial charge is 0.232 e. The van der Waals surface area contributed by atoms with Gasteiger partial charge in [-0.3, -0.25) is 4.79 Å². The van der Waals surface area contributed by atoms with Crippen LogP contribution < -0.4 is 5.32 Å². The average molecular weight is 373 g/mol. The highest BCUT2D eigenvalue weighted by molar-refractivity contribution is 7.15. The zero-order valence-electron chi connectivity index (χ0n) is 16.1. The average Bonchev–Trinajstić information content (AvgIpc) is 2.95. The molecule has 0 saturated carbocycles. The molecule has 0 bridgehead atoms. The Kier molecular flexibility index (Phi) is 5.94. The van der Waals surface area contributed by atoms with E-state index in [0.717, 1.165) is 48.1 Å². The summed E-state index contributed by atoms with van der Waals surface area (Å²) in [5.74, 6) is 0.0222. The van der Waals surface area contributed by atoms with Gasteiger partial charge < -0.3 is 15.1 Å². The predicted octanol–water partition coefficient (Wildman–Crippen LogP) is 3.04. The summed E-state index contributed by atoms with van der Waals surface area (Å²) in [7, 11) is 2.11. The van der Waals surface area contributed by atoms with Gasteiger partial charge in [-0.1, -0.05) is 24.3 Å². The van der Waals surface area contributed by atoms with Gasteiger partial charge in [0, 0.05) is 37.6 Å². The van der Waals surface area contributed by atoms with Crippen molar-refractivity contribution < 1.29 is 4.79 Å². The van der Waals surface area contributed by atoms with Gasteiger partial charge in [0.2, 0.25) is 5.91 Å². The van der Waals surface area contributed by atoms with Crippen LogP contribution in [-0.4, -0.2) is 60.5 Å². The third-order valence-electron chi connectivity index (χ3n) is 5.16. The fourth-order valence-corrected chi connectivity index (χ4v) is 4.11. The number of hydrogen-bond donors (Lipinski definition) is 1. The number of piperazine rings is 1. The van der Waals surface area contributed by atoms with E-state index in [9.17, 15) is 4.79 Å². The van der Waals surface area contributed by atoms with Crippen molar-refractivity contribution in [3.63, 3.8) is 0 Å². The molecule has 1 aromatic carbocycles. The summed E-state index contributed by atoms with van der Waals surface area (Å²) in [6.07, 6.45) is 0. The van der Waals surface area contributed by atoms with E-state index in [1.165, 1.54) is 4.88 Å². The lowest BCUT2D eigenvalue weighted by Gasteiger charge is -2.35. The van der Waals surface area contributed by atoms with Crippen LogP contribution in [0.4, 0.5) is 5.13 Å². The third kappa shape index (κ3) is 4.24. The summed E-state index contributed by atoms with van der Waals surface area (Å²) < 4.78 is 0.